The van der Waals surface area contributed by atoms with Crippen molar-refractivity contribution in [2.75, 3.05) is 11.9 Å². The minimum atomic E-state index is -4.72. The smallest absolute Gasteiger partial charge is 0.417 e. The van der Waals surface area contributed by atoms with Crippen LogP contribution in [0.2, 0.25) is 5.15 Å². The molecule has 182 valence electrons. The first-order valence-corrected chi connectivity index (χ1v) is 8.70. The van der Waals surface area contributed by atoms with Gasteiger partial charge < -0.3 is 15.5 Å². The van der Waals surface area contributed by atoms with Crippen LogP contribution in [-0.4, -0.2) is 45.1 Å². The predicted octanol–water partition coefficient (Wildman–Crippen LogP) is 5.32. The van der Waals surface area contributed by atoms with Crippen LogP contribution in [0.4, 0.5) is 40.9 Å². The Hall–Kier alpha value is -3.23. The molecule has 0 atom stereocenters. The lowest BCUT2D eigenvalue weighted by Crippen LogP contribution is -2.14. The summed E-state index contributed by atoms with van der Waals surface area (Å²) in [6.07, 6.45) is -11.6. The van der Waals surface area contributed by atoms with Crippen LogP contribution < -0.4 is 5.32 Å². The number of carboxylic acid groups (broad SMARTS) is 2. The zero-order valence-electron chi connectivity index (χ0n) is 15.8. The van der Waals surface area contributed by atoms with Crippen LogP contribution in [-0.2, 0) is 12.4 Å². The van der Waals surface area contributed by atoms with Gasteiger partial charge in [0, 0.05) is 25.4 Å². The molecule has 0 radical (unpaired) electrons. The molecule has 2 rings (SSSR count). The van der Waals surface area contributed by atoms with Gasteiger partial charge in [0.25, 0.3) is 0 Å². The third kappa shape index (κ3) is 8.67. The van der Waals surface area contributed by atoms with Gasteiger partial charge in [-0.15, -0.1) is 0 Å². The van der Waals surface area contributed by atoms with Gasteiger partial charge in [0.1, 0.15) is 16.5 Å². The fraction of sp³-hybridized carbons (Fsp3) is 0.294. The second-order valence-corrected chi connectivity index (χ2v) is 6.25. The Bertz CT molecular complexity index is 999. The zero-order valence-corrected chi connectivity index (χ0v) is 16.6. The third-order valence-corrected chi connectivity index (χ3v) is 3.80. The molecule has 0 aliphatic carbocycles. The summed E-state index contributed by atoms with van der Waals surface area (Å²) in [7, 11) is 0. The average Bonchev–Trinajstić information content (AvgIpc) is 2.66. The molecule has 2 heterocycles. The molecule has 0 aliphatic heterocycles. The molecule has 2 aromatic heterocycles. The average molecular weight is 510 g/mol. The summed E-state index contributed by atoms with van der Waals surface area (Å²) in [6, 6.07) is 0.845. The van der Waals surface area contributed by atoms with E-state index >= 15 is 0 Å². The Morgan fingerprint density at radius 1 is 0.909 bits per heavy atom. The van der Waals surface area contributed by atoms with Crippen molar-refractivity contribution >= 4 is 29.4 Å². The molecular formula is C17H12ClF8N3O4. The summed E-state index contributed by atoms with van der Waals surface area (Å²) < 4.78 is 97.1. The van der Waals surface area contributed by atoms with E-state index in [0.717, 1.165) is 0 Å². The maximum Gasteiger partial charge on any atom is 0.417 e. The quantitative estimate of drug-likeness (QED) is 0.357. The highest BCUT2D eigenvalue weighted by Crippen LogP contribution is 2.31. The number of nitrogens with zero attached hydrogens (tertiary/aromatic N) is 2. The van der Waals surface area contributed by atoms with Crippen LogP contribution in [0.3, 0.4) is 0 Å². The van der Waals surface area contributed by atoms with Crippen LogP contribution in [0.5, 0.6) is 0 Å². The number of halogens is 9. The van der Waals surface area contributed by atoms with E-state index in [9.17, 15) is 44.7 Å². The van der Waals surface area contributed by atoms with Gasteiger partial charge >= 0.3 is 24.3 Å². The predicted molar refractivity (Wildman–Crippen MR) is 96.5 cm³/mol. The molecule has 0 fully saturated rings. The van der Waals surface area contributed by atoms with Gasteiger partial charge in [-0.3, -0.25) is 0 Å². The standard InChI is InChI=1S/C10H9F5N2O2.C7H3ClF3NO2/c11-7(12)1-2-16-8-6(9(18)19)3-5(4-17-8)10(13,14)15;8-5-4(6(13)14)1-3(2-12-5)7(9,10)11/h3-4,7H,1-2H2,(H,16,17)(H,18,19);1-2H,(H,13,14). The summed E-state index contributed by atoms with van der Waals surface area (Å²) in [6.45, 7) is -0.295. The van der Waals surface area contributed by atoms with E-state index < -0.39 is 64.5 Å². The fourth-order valence-corrected chi connectivity index (χ4v) is 2.16. The molecule has 3 N–H and O–H groups in total. The third-order valence-electron chi connectivity index (χ3n) is 3.50. The van der Waals surface area contributed by atoms with E-state index in [0.29, 0.717) is 24.5 Å². The number of pyridine rings is 2. The topological polar surface area (TPSA) is 112 Å². The molecule has 0 bridgehead atoms. The van der Waals surface area contributed by atoms with Crippen molar-refractivity contribution in [1.82, 2.24) is 9.97 Å². The van der Waals surface area contributed by atoms with Gasteiger partial charge in [-0.05, 0) is 12.1 Å². The van der Waals surface area contributed by atoms with Gasteiger partial charge in [-0.25, -0.2) is 28.3 Å². The van der Waals surface area contributed by atoms with Crippen LogP contribution >= 0.6 is 11.6 Å². The van der Waals surface area contributed by atoms with Crippen molar-refractivity contribution in [2.24, 2.45) is 0 Å². The largest absolute Gasteiger partial charge is 0.478 e. The van der Waals surface area contributed by atoms with Crippen molar-refractivity contribution in [3.63, 3.8) is 0 Å². The minimum Gasteiger partial charge on any atom is -0.478 e. The number of carbonyl (C=O) groups is 2. The molecule has 16 heteroatoms. The molecule has 0 amide bonds. The first-order chi connectivity index (χ1) is 15.0. The van der Waals surface area contributed by atoms with E-state index in [1.54, 1.807) is 0 Å². The molecule has 0 spiro atoms. The summed E-state index contributed by atoms with van der Waals surface area (Å²) >= 11 is 5.28. The Kier molecular flexibility index (Phi) is 9.33. The Morgan fingerprint density at radius 3 is 1.79 bits per heavy atom. The lowest BCUT2D eigenvalue weighted by Gasteiger charge is -2.11. The first kappa shape index (κ1) is 27.8. The van der Waals surface area contributed by atoms with Crippen molar-refractivity contribution in [3.05, 3.63) is 51.9 Å². The van der Waals surface area contributed by atoms with Crippen molar-refractivity contribution in [1.29, 1.82) is 0 Å². The van der Waals surface area contributed by atoms with E-state index in [2.05, 4.69) is 15.3 Å². The van der Waals surface area contributed by atoms with E-state index in [1.807, 2.05) is 0 Å². The number of hydrogen-bond donors (Lipinski definition) is 3. The maximum atomic E-state index is 12.4. The summed E-state index contributed by atoms with van der Waals surface area (Å²) in [4.78, 5) is 27.6. The molecule has 7 nitrogen and oxygen atoms in total. The summed E-state index contributed by atoms with van der Waals surface area (Å²) in [5.74, 6) is -3.55. The number of rotatable bonds is 6. The number of aromatic carboxylic acids is 2. The van der Waals surface area contributed by atoms with Crippen LogP contribution in [0.15, 0.2) is 24.5 Å². The van der Waals surface area contributed by atoms with Gasteiger partial charge in [-0.1, -0.05) is 11.6 Å². The Balaban J connectivity index is 0.000000346. The molecule has 0 aliphatic rings. The zero-order chi connectivity index (χ0) is 25.6. The van der Waals surface area contributed by atoms with Crippen LogP contribution in [0, 0.1) is 0 Å². The molecule has 33 heavy (non-hydrogen) atoms. The highest BCUT2D eigenvalue weighted by Gasteiger charge is 2.33. The number of alkyl halides is 8. The second-order valence-electron chi connectivity index (χ2n) is 5.89. The SMILES string of the molecule is O=C(O)c1cc(C(F)(F)F)cnc1Cl.O=C(O)c1cc(C(F)(F)F)cnc1NCCC(F)F. The van der Waals surface area contributed by atoms with E-state index in [-0.39, 0.29) is 12.4 Å². The van der Waals surface area contributed by atoms with Crippen molar-refractivity contribution < 1.29 is 54.9 Å². The number of anilines is 1. The van der Waals surface area contributed by atoms with Gasteiger partial charge in [-0.2, -0.15) is 26.3 Å². The lowest BCUT2D eigenvalue weighted by molar-refractivity contribution is -0.138. The number of nitrogens with one attached hydrogen (secondary N) is 1. The summed E-state index contributed by atoms with van der Waals surface area (Å²) in [5, 5.41) is 19.0. The van der Waals surface area contributed by atoms with Gasteiger partial charge in [0.05, 0.1) is 16.7 Å². The summed E-state index contributed by atoms with van der Waals surface area (Å²) in [5.41, 5.74) is -3.74. The minimum absolute atomic E-state index is 0.295. The highest BCUT2D eigenvalue weighted by molar-refractivity contribution is 6.32. The van der Waals surface area contributed by atoms with E-state index in [4.69, 9.17) is 21.8 Å². The number of carboxylic acids is 2. The van der Waals surface area contributed by atoms with Gasteiger partial charge in [0.2, 0.25) is 6.43 Å². The van der Waals surface area contributed by atoms with Crippen LogP contribution in [0.1, 0.15) is 38.3 Å². The Morgan fingerprint density at radius 2 is 1.36 bits per heavy atom. The monoisotopic (exact) mass is 509 g/mol. The van der Waals surface area contributed by atoms with E-state index in [1.165, 1.54) is 0 Å². The van der Waals surface area contributed by atoms with Crippen molar-refractivity contribution in [2.45, 2.75) is 25.2 Å². The molecule has 0 saturated carbocycles. The van der Waals surface area contributed by atoms with Crippen LogP contribution in [0.25, 0.3) is 0 Å². The Labute approximate surface area is 184 Å². The maximum absolute atomic E-state index is 12.4. The molecular weight excluding hydrogens is 498 g/mol. The normalized spacial score (nSPS) is 11.6. The number of aromatic nitrogens is 2. The highest BCUT2D eigenvalue weighted by atomic mass is 35.5. The first-order valence-electron chi connectivity index (χ1n) is 8.32. The van der Waals surface area contributed by atoms with Crippen molar-refractivity contribution in [3.8, 4) is 0 Å². The molecule has 0 saturated heterocycles. The lowest BCUT2D eigenvalue weighted by atomic mass is 10.2. The number of hydrogen-bond acceptors (Lipinski definition) is 5. The molecule has 2 aromatic rings. The second kappa shape index (κ2) is 11.1. The molecule has 0 unspecified atom stereocenters. The van der Waals surface area contributed by atoms with Gasteiger partial charge in [0.15, 0.2) is 0 Å². The fourth-order valence-electron chi connectivity index (χ4n) is 1.98. The molecule has 0 aromatic carbocycles.